The van der Waals surface area contributed by atoms with Gasteiger partial charge in [-0.15, -0.1) is 0 Å². The van der Waals surface area contributed by atoms with Crippen molar-refractivity contribution in [2.24, 2.45) is 11.8 Å². The Morgan fingerprint density at radius 1 is 1.29 bits per heavy atom. The molecule has 2 unspecified atom stereocenters. The molecule has 0 spiro atoms. The summed E-state index contributed by atoms with van der Waals surface area (Å²) in [7, 11) is 0. The Balaban J connectivity index is 1.67. The van der Waals surface area contributed by atoms with Gasteiger partial charge in [0.15, 0.2) is 0 Å². The number of nitrogens with one attached hydrogen (secondary N) is 1. The zero-order chi connectivity index (χ0) is 11.8. The van der Waals surface area contributed by atoms with Gasteiger partial charge in [-0.2, -0.15) is 0 Å². The standard InChI is InChI=1S/C13H16BrClN2/c14-12-2-1-9(13(15)3-12)6-17-7-10-4-16-5-11(10)8-17/h1-3,10-11,16H,4-8H2. The highest BCUT2D eigenvalue weighted by Crippen LogP contribution is 2.29. The highest BCUT2D eigenvalue weighted by atomic mass is 79.9. The van der Waals surface area contributed by atoms with E-state index in [0.29, 0.717) is 0 Å². The number of halogens is 2. The predicted octanol–water partition coefficient (Wildman–Crippen LogP) is 2.75. The molecule has 2 saturated heterocycles. The average Bonchev–Trinajstić information content (AvgIpc) is 2.82. The zero-order valence-electron chi connectivity index (χ0n) is 9.63. The minimum Gasteiger partial charge on any atom is -0.316 e. The first-order valence-electron chi connectivity index (χ1n) is 6.09. The summed E-state index contributed by atoms with van der Waals surface area (Å²) in [6, 6.07) is 6.17. The molecule has 2 aliphatic rings. The predicted molar refractivity (Wildman–Crippen MR) is 74.3 cm³/mol. The van der Waals surface area contributed by atoms with Crippen LogP contribution < -0.4 is 5.32 Å². The molecule has 2 atom stereocenters. The van der Waals surface area contributed by atoms with Crippen LogP contribution in [-0.2, 0) is 6.54 Å². The van der Waals surface area contributed by atoms with Crippen LogP contribution in [0.4, 0.5) is 0 Å². The van der Waals surface area contributed by atoms with Crippen LogP contribution in [0.5, 0.6) is 0 Å². The number of rotatable bonds is 2. The molecule has 4 heteroatoms. The fourth-order valence-corrected chi connectivity index (χ4v) is 3.71. The SMILES string of the molecule is Clc1cc(Br)ccc1CN1CC2CNCC2C1. The normalized spacial score (nSPS) is 28.6. The zero-order valence-corrected chi connectivity index (χ0v) is 12.0. The topological polar surface area (TPSA) is 15.3 Å². The number of benzene rings is 1. The molecule has 1 aromatic rings. The van der Waals surface area contributed by atoms with Gasteiger partial charge in [-0.3, -0.25) is 4.90 Å². The minimum absolute atomic E-state index is 0.851. The van der Waals surface area contributed by atoms with Gasteiger partial charge >= 0.3 is 0 Å². The van der Waals surface area contributed by atoms with E-state index in [1.165, 1.54) is 31.7 Å². The Bertz CT molecular complexity index is 412. The van der Waals surface area contributed by atoms with E-state index in [9.17, 15) is 0 Å². The molecule has 1 aromatic carbocycles. The van der Waals surface area contributed by atoms with Crippen molar-refractivity contribution in [3.8, 4) is 0 Å². The van der Waals surface area contributed by atoms with E-state index in [1.54, 1.807) is 0 Å². The van der Waals surface area contributed by atoms with Crippen LogP contribution in [0, 0.1) is 11.8 Å². The van der Waals surface area contributed by atoms with E-state index < -0.39 is 0 Å². The van der Waals surface area contributed by atoms with Crippen LogP contribution in [0.15, 0.2) is 22.7 Å². The average molecular weight is 316 g/mol. The van der Waals surface area contributed by atoms with E-state index in [-0.39, 0.29) is 0 Å². The van der Waals surface area contributed by atoms with E-state index in [1.807, 2.05) is 6.07 Å². The van der Waals surface area contributed by atoms with Crippen molar-refractivity contribution in [2.45, 2.75) is 6.54 Å². The molecule has 3 rings (SSSR count). The molecule has 2 aliphatic heterocycles. The van der Waals surface area contributed by atoms with Gasteiger partial charge in [0.05, 0.1) is 0 Å². The van der Waals surface area contributed by atoms with Crippen LogP contribution in [0.25, 0.3) is 0 Å². The van der Waals surface area contributed by atoms with Crippen molar-refractivity contribution in [2.75, 3.05) is 26.2 Å². The molecule has 92 valence electrons. The Kier molecular flexibility index (Phi) is 3.44. The highest BCUT2D eigenvalue weighted by molar-refractivity contribution is 9.10. The third-order valence-corrected chi connectivity index (χ3v) is 4.72. The number of hydrogen-bond donors (Lipinski definition) is 1. The number of hydrogen-bond acceptors (Lipinski definition) is 2. The van der Waals surface area contributed by atoms with Gasteiger partial charge in [0.2, 0.25) is 0 Å². The van der Waals surface area contributed by atoms with Gasteiger partial charge in [0, 0.05) is 29.1 Å². The molecule has 0 aromatic heterocycles. The van der Waals surface area contributed by atoms with Crippen LogP contribution in [-0.4, -0.2) is 31.1 Å². The van der Waals surface area contributed by atoms with Crippen molar-refractivity contribution in [3.63, 3.8) is 0 Å². The van der Waals surface area contributed by atoms with Crippen molar-refractivity contribution < 1.29 is 0 Å². The summed E-state index contributed by atoms with van der Waals surface area (Å²) in [5.41, 5.74) is 1.24. The molecule has 17 heavy (non-hydrogen) atoms. The molecular formula is C13H16BrClN2. The van der Waals surface area contributed by atoms with Gasteiger partial charge in [-0.25, -0.2) is 0 Å². The lowest BCUT2D eigenvalue weighted by atomic mass is 10.0. The van der Waals surface area contributed by atoms with E-state index >= 15 is 0 Å². The molecule has 0 radical (unpaired) electrons. The molecule has 1 N–H and O–H groups in total. The second-order valence-electron chi connectivity index (χ2n) is 5.11. The fraction of sp³-hybridized carbons (Fsp3) is 0.538. The first kappa shape index (κ1) is 12.0. The fourth-order valence-electron chi connectivity index (χ4n) is 2.97. The van der Waals surface area contributed by atoms with Gasteiger partial charge in [0.25, 0.3) is 0 Å². The lowest BCUT2D eigenvalue weighted by molar-refractivity contribution is 0.305. The lowest BCUT2D eigenvalue weighted by Crippen LogP contribution is -2.25. The second-order valence-corrected chi connectivity index (χ2v) is 6.43. The third kappa shape index (κ3) is 2.53. The van der Waals surface area contributed by atoms with Crippen molar-refractivity contribution in [1.82, 2.24) is 10.2 Å². The quantitative estimate of drug-likeness (QED) is 0.903. The Hall–Kier alpha value is -0.0900. The summed E-state index contributed by atoms with van der Waals surface area (Å²) < 4.78 is 1.05. The van der Waals surface area contributed by atoms with Gasteiger partial charge in [-0.05, 0) is 42.6 Å². The van der Waals surface area contributed by atoms with Gasteiger partial charge in [0.1, 0.15) is 0 Å². The molecule has 0 aliphatic carbocycles. The van der Waals surface area contributed by atoms with Gasteiger partial charge < -0.3 is 5.32 Å². The van der Waals surface area contributed by atoms with E-state index in [0.717, 1.165) is 27.9 Å². The smallest absolute Gasteiger partial charge is 0.0462 e. The lowest BCUT2D eigenvalue weighted by Gasteiger charge is -2.17. The summed E-state index contributed by atoms with van der Waals surface area (Å²) in [4.78, 5) is 2.53. The molecule has 0 bridgehead atoms. The summed E-state index contributed by atoms with van der Waals surface area (Å²) >= 11 is 9.70. The van der Waals surface area contributed by atoms with Crippen molar-refractivity contribution in [1.29, 1.82) is 0 Å². The highest BCUT2D eigenvalue weighted by Gasteiger charge is 2.35. The maximum absolute atomic E-state index is 6.26. The van der Waals surface area contributed by atoms with Crippen LogP contribution >= 0.6 is 27.5 Å². The van der Waals surface area contributed by atoms with Crippen molar-refractivity contribution >= 4 is 27.5 Å². The first-order valence-corrected chi connectivity index (χ1v) is 7.26. The summed E-state index contributed by atoms with van der Waals surface area (Å²) in [5, 5.41) is 4.34. The number of fused-ring (bicyclic) bond motifs is 1. The van der Waals surface area contributed by atoms with Crippen LogP contribution in [0.3, 0.4) is 0 Å². The molecular weight excluding hydrogens is 300 g/mol. The summed E-state index contributed by atoms with van der Waals surface area (Å²) in [5.74, 6) is 1.70. The van der Waals surface area contributed by atoms with E-state index in [2.05, 4.69) is 38.3 Å². The first-order chi connectivity index (χ1) is 8.22. The maximum atomic E-state index is 6.26. The Morgan fingerprint density at radius 2 is 2.00 bits per heavy atom. The second kappa shape index (κ2) is 4.88. The van der Waals surface area contributed by atoms with Gasteiger partial charge in [-0.1, -0.05) is 33.6 Å². The number of nitrogens with zero attached hydrogens (tertiary/aromatic N) is 1. The van der Waals surface area contributed by atoms with Crippen molar-refractivity contribution in [3.05, 3.63) is 33.3 Å². The monoisotopic (exact) mass is 314 g/mol. The summed E-state index contributed by atoms with van der Waals surface area (Å²) in [6.45, 7) is 5.79. The van der Waals surface area contributed by atoms with Crippen LogP contribution in [0.1, 0.15) is 5.56 Å². The molecule has 2 heterocycles. The van der Waals surface area contributed by atoms with E-state index in [4.69, 9.17) is 11.6 Å². The summed E-state index contributed by atoms with van der Waals surface area (Å²) in [6.07, 6.45) is 0. The maximum Gasteiger partial charge on any atom is 0.0462 e. The van der Waals surface area contributed by atoms with Crippen LogP contribution in [0.2, 0.25) is 5.02 Å². The Morgan fingerprint density at radius 3 is 2.65 bits per heavy atom. The third-order valence-electron chi connectivity index (χ3n) is 3.87. The molecule has 2 nitrogen and oxygen atoms in total. The minimum atomic E-state index is 0.851. The molecule has 2 fully saturated rings. The largest absolute Gasteiger partial charge is 0.316 e. The molecule has 0 amide bonds. The Labute approximate surface area is 115 Å². The molecule has 0 saturated carbocycles. The number of likely N-dealkylation sites (tertiary alicyclic amines) is 1.